The highest BCUT2D eigenvalue weighted by molar-refractivity contribution is 5.79. The van der Waals surface area contributed by atoms with Gasteiger partial charge in [0.2, 0.25) is 5.91 Å². The van der Waals surface area contributed by atoms with Crippen LogP contribution in [0.1, 0.15) is 30.4 Å². The summed E-state index contributed by atoms with van der Waals surface area (Å²) < 4.78 is 11.2. The molecular formula is C19H22N2O3. The molecule has 1 aromatic carbocycles. The molecule has 5 nitrogen and oxygen atoms in total. The molecule has 1 aliphatic carbocycles. The summed E-state index contributed by atoms with van der Waals surface area (Å²) in [4.78, 5) is 15.9. The van der Waals surface area contributed by atoms with Crippen LogP contribution in [0.3, 0.4) is 0 Å². The Balaban J connectivity index is 1.58. The van der Waals surface area contributed by atoms with Gasteiger partial charge in [0.1, 0.15) is 6.61 Å². The fourth-order valence-electron chi connectivity index (χ4n) is 2.59. The minimum Gasteiger partial charge on any atom is -0.493 e. The van der Waals surface area contributed by atoms with Crippen molar-refractivity contribution in [2.45, 2.75) is 32.4 Å². The topological polar surface area (TPSA) is 60.5 Å². The molecule has 1 aliphatic rings. The van der Waals surface area contributed by atoms with E-state index in [0.29, 0.717) is 24.7 Å². The molecule has 1 fully saturated rings. The Morgan fingerprint density at radius 3 is 2.62 bits per heavy atom. The second kappa shape index (κ2) is 7.81. The van der Waals surface area contributed by atoms with Crippen LogP contribution in [0.15, 0.2) is 42.7 Å². The molecule has 0 aliphatic heterocycles. The number of aromatic nitrogens is 1. The second-order valence-corrected chi connectivity index (χ2v) is 5.97. The van der Waals surface area contributed by atoms with Gasteiger partial charge < -0.3 is 14.8 Å². The van der Waals surface area contributed by atoms with Crippen molar-refractivity contribution >= 4 is 5.91 Å². The maximum Gasteiger partial charge on any atom is 0.223 e. The highest BCUT2D eigenvalue weighted by atomic mass is 16.5. The third-order valence-corrected chi connectivity index (χ3v) is 4.31. The van der Waals surface area contributed by atoms with Gasteiger partial charge in [0, 0.05) is 24.9 Å². The SMILES string of the molecule is COc1cc(CNC(=O)C2CCC2)ccc1OCc1ccncc1. The van der Waals surface area contributed by atoms with E-state index in [1.54, 1.807) is 19.5 Å². The summed E-state index contributed by atoms with van der Waals surface area (Å²) in [6, 6.07) is 9.56. The molecule has 1 aromatic heterocycles. The maximum absolute atomic E-state index is 11.9. The van der Waals surface area contributed by atoms with Crippen molar-refractivity contribution in [3.05, 3.63) is 53.9 Å². The van der Waals surface area contributed by atoms with Crippen LogP contribution in [0.4, 0.5) is 0 Å². The number of amides is 1. The van der Waals surface area contributed by atoms with Crippen LogP contribution in [-0.2, 0) is 17.9 Å². The summed E-state index contributed by atoms with van der Waals surface area (Å²) in [5.74, 6) is 1.70. The number of carbonyl (C=O) groups is 1. The number of hydrogen-bond donors (Lipinski definition) is 1. The van der Waals surface area contributed by atoms with Crippen LogP contribution in [0.2, 0.25) is 0 Å². The number of hydrogen-bond acceptors (Lipinski definition) is 4. The number of rotatable bonds is 7. The van der Waals surface area contributed by atoms with Crippen LogP contribution < -0.4 is 14.8 Å². The maximum atomic E-state index is 11.9. The quantitative estimate of drug-likeness (QED) is 0.849. The lowest BCUT2D eigenvalue weighted by Gasteiger charge is -2.24. The Morgan fingerprint density at radius 2 is 1.96 bits per heavy atom. The number of ether oxygens (including phenoxy) is 2. The molecule has 2 aromatic rings. The second-order valence-electron chi connectivity index (χ2n) is 5.97. The Labute approximate surface area is 142 Å². The lowest BCUT2D eigenvalue weighted by atomic mass is 9.85. The van der Waals surface area contributed by atoms with Crippen molar-refractivity contribution in [2.24, 2.45) is 5.92 Å². The van der Waals surface area contributed by atoms with E-state index in [-0.39, 0.29) is 11.8 Å². The minimum atomic E-state index is 0.151. The molecule has 1 saturated carbocycles. The normalized spacial score (nSPS) is 13.9. The average molecular weight is 326 g/mol. The van der Waals surface area contributed by atoms with Crippen molar-refractivity contribution < 1.29 is 14.3 Å². The molecule has 0 unspecified atom stereocenters. The summed E-state index contributed by atoms with van der Waals surface area (Å²) in [5.41, 5.74) is 2.04. The van der Waals surface area contributed by atoms with Gasteiger partial charge in [-0.1, -0.05) is 12.5 Å². The van der Waals surface area contributed by atoms with Gasteiger partial charge in [-0.05, 0) is 48.2 Å². The Morgan fingerprint density at radius 1 is 1.17 bits per heavy atom. The molecule has 5 heteroatoms. The van der Waals surface area contributed by atoms with E-state index >= 15 is 0 Å². The van der Waals surface area contributed by atoms with Crippen molar-refractivity contribution in [3.8, 4) is 11.5 Å². The van der Waals surface area contributed by atoms with Gasteiger partial charge in [-0.3, -0.25) is 9.78 Å². The number of carbonyl (C=O) groups excluding carboxylic acids is 1. The van der Waals surface area contributed by atoms with Gasteiger partial charge in [-0.25, -0.2) is 0 Å². The van der Waals surface area contributed by atoms with Gasteiger partial charge in [-0.2, -0.15) is 0 Å². The number of benzene rings is 1. The largest absolute Gasteiger partial charge is 0.493 e. The minimum absolute atomic E-state index is 0.151. The lowest BCUT2D eigenvalue weighted by Crippen LogP contribution is -2.33. The molecule has 0 bridgehead atoms. The molecule has 0 atom stereocenters. The van der Waals surface area contributed by atoms with E-state index < -0.39 is 0 Å². The third-order valence-electron chi connectivity index (χ3n) is 4.31. The number of nitrogens with one attached hydrogen (secondary N) is 1. The van der Waals surface area contributed by atoms with Crippen LogP contribution in [-0.4, -0.2) is 18.0 Å². The summed E-state index contributed by atoms with van der Waals surface area (Å²) >= 11 is 0. The lowest BCUT2D eigenvalue weighted by molar-refractivity contribution is -0.127. The van der Waals surface area contributed by atoms with Crippen molar-refractivity contribution in [2.75, 3.05) is 7.11 Å². The van der Waals surface area contributed by atoms with Crippen molar-refractivity contribution in [1.82, 2.24) is 10.3 Å². The molecule has 0 spiro atoms. The highest BCUT2D eigenvalue weighted by Crippen LogP contribution is 2.29. The molecule has 1 amide bonds. The van der Waals surface area contributed by atoms with Crippen LogP contribution >= 0.6 is 0 Å². The van der Waals surface area contributed by atoms with E-state index in [9.17, 15) is 4.79 Å². The smallest absolute Gasteiger partial charge is 0.223 e. The monoisotopic (exact) mass is 326 g/mol. The summed E-state index contributed by atoms with van der Waals surface area (Å²) in [6.07, 6.45) is 6.66. The fourth-order valence-corrected chi connectivity index (χ4v) is 2.59. The molecule has 24 heavy (non-hydrogen) atoms. The summed E-state index contributed by atoms with van der Waals surface area (Å²) in [6.45, 7) is 0.965. The molecule has 126 valence electrons. The molecule has 3 rings (SSSR count). The zero-order valence-corrected chi connectivity index (χ0v) is 13.8. The number of methoxy groups -OCH3 is 1. The Kier molecular flexibility index (Phi) is 5.31. The summed E-state index contributed by atoms with van der Waals surface area (Å²) in [5, 5.41) is 2.99. The van der Waals surface area contributed by atoms with Crippen LogP contribution in [0.5, 0.6) is 11.5 Å². The fraction of sp³-hybridized carbons (Fsp3) is 0.368. The van der Waals surface area contributed by atoms with Gasteiger partial charge in [0.15, 0.2) is 11.5 Å². The first kappa shape index (κ1) is 16.3. The first-order valence-electron chi connectivity index (χ1n) is 8.22. The van der Waals surface area contributed by atoms with E-state index in [1.165, 1.54) is 0 Å². The van der Waals surface area contributed by atoms with E-state index in [1.807, 2.05) is 30.3 Å². The zero-order chi connectivity index (χ0) is 16.8. The van der Waals surface area contributed by atoms with Crippen LogP contribution in [0.25, 0.3) is 0 Å². The number of pyridine rings is 1. The predicted octanol–water partition coefficient (Wildman–Crippen LogP) is 3.09. The molecule has 0 radical (unpaired) electrons. The van der Waals surface area contributed by atoms with Crippen LogP contribution in [0, 0.1) is 5.92 Å². The molecule has 0 saturated heterocycles. The number of nitrogens with zero attached hydrogens (tertiary/aromatic N) is 1. The predicted molar refractivity (Wildman–Crippen MR) is 90.8 cm³/mol. The standard InChI is InChI=1S/C19H22N2O3/c1-23-18-11-15(12-21-19(22)16-3-2-4-16)5-6-17(18)24-13-14-7-9-20-10-8-14/h5-11,16H,2-4,12-13H2,1H3,(H,21,22). The molecule has 1 N–H and O–H groups in total. The first-order chi connectivity index (χ1) is 11.8. The highest BCUT2D eigenvalue weighted by Gasteiger charge is 2.24. The Hall–Kier alpha value is -2.56. The van der Waals surface area contributed by atoms with E-state index in [0.717, 1.165) is 30.4 Å². The van der Waals surface area contributed by atoms with Gasteiger partial charge in [0.25, 0.3) is 0 Å². The van der Waals surface area contributed by atoms with Crippen molar-refractivity contribution in [1.29, 1.82) is 0 Å². The molecule has 1 heterocycles. The third kappa shape index (κ3) is 4.04. The van der Waals surface area contributed by atoms with Gasteiger partial charge >= 0.3 is 0 Å². The summed E-state index contributed by atoms with van der Waals surface area (Å²) in [7, 11) is 1.62. The van der Waals surface area contributed by atoms with E-state index in [2.05, 4.69) is 10.3 Å². The Bertz CT molecular complexity index is 684. The van der Waals surface area contributed by atoms with Crippen molar-refractivity contribution in [3.63, 3.8) is 0 Å². The zero-order valence-electron chi connectivity index (χ0n) is 13.8. The van der Waals surface area contributed by atoms with E-state index in [4.69, 9.17) is 9.47 Å². The van der Waals surface area contributed by atoms with Gasteiger partial charge in [0.05, 0.1) is 7.11 Å². The first-order valence-corrected chi connectivity index (χ1v) is 8.22. The molecular weight excluding hydrogens is 304 g/mol. The van der Waals surface area contributed by atoms with Gasteiger partial charge in [-0.15, -0.1) is 0 Å². The average Bonchev–Trinajstić information content (AvgIpc) is 2.58.